The quantitative estimate of drug-likeness (QED) is 0.760. The second-order valence-electron chi connectivity index (χ2n) is 6.24. The summed E-state index contributed by atoms with van der Waals surface area (Å²) in [6.45, 7) is 3.04. The summed E-state index contributed by atoms with van der Waals surface area (Å²) >= 11 is 0. The molecule has 1 atom stereocenters. The molecule has 1 unspecified atom stereocenters. The van der Waals surface area contributed by atoms with Crippen LogP contribution in [0.2, 0.25) is 0 Å². The van der Waals surface area contributed by atoms with Gasteiger partial charge in [-0.2, -0.15) is 0 Å². The van der Waals surface area contributed by atoms with E-state index in [1.807, 2.05) is 19.0 Å². The van der Waals surface area contributed by atoms with Crippen molar-refractivity contribution in [1.29, 1.82) is 0 Å². The predicted molar refractivity (Wildman–Crippen MR) is 92.4 cm³/mol. The molecule has 1 heterocycles. The number of sulfonamides is 1. The Kier molecular flexibility index (Phi) is 5.61. The topological polar surface area (TPSA) is 86.8 Å². The fourth-order valence-electron chi connectivity index (χ4n) is 2.53. The van der Waals surface area contributed by atoms with Crippen molar-refractivity contribution in [3.8, 4) is 0 Å². The first kappa shape index (κ1) is 18.4. The van der Waals surface area contributed by atoms with Gasteiger partial charge >= 0.3 is 0 Å². The average Bonchev–Trinajstić information content (AvgIpc) is 2.71. The SMILES string of the molecule is CC1CS(=O)(=O)N(c2ccc(C(=O)NCCCN(C)C)cc2)C1=O. The Labute approximate surface area is 142 Å². The number of hydrogen-bond acceptors (Lipinski definition) is 5. The Hall–Kier alpha value is -1.93. The zero-order valence-electron chi connectivity index (χ0n) is 14.2. The maximum absolute atomic E-state index is 12.1. The van der Waals surface area contributed by atoms with E-state index in [4.69, 9.17) is 0 Å². The summed E-state index contributed by atoms with van der Waals surface area (Å²) in [4.78, 5) is 26.1. The molecule has 1 aromatic carbocycles. The molecule has 0 aliphatic carbocycles. The maximum atomic E-state index is 12.1. The summed E-state index contributed by atoms with van der Waals surface area (Å²) < 4.78 is 24.9. The monoisotopic (exact) mass is 353 g/mol. The Morgan fingerprint density at radius 1 is 1.29 bits per heavy atom. The summed E-state index contributed by atoms with van der Waals surface area (Å²) in [5.74, 6) is -1.38. The molecule has 1 fully saturated rings. The lowest BCUT2D eigenvalue weighted by Gasteiger charge is -2.15. The highest BCUT2D eigenvalue weighted by Gasteiger charge is 2.41. The van der Waals surface area contributed by atoms with Crippen LogP contribution in [-0.4, -0.2) is 58.1 Å². The van der Waals surface area contributed by atoms with Crippen molar-refractivity contribution < 1.29 is 18.0 Å². The molecule has 1 aromatic rings. The van der Waals surface area contributed by atoms with Crippen LogP contribution in [0.1, 0.15) is 23.7 Å². The van der Waals surface area contributed by atoms with Gasteiger partial charge < -0.3 is 10.2 Å². The lowest BCUT2D eigenvalue weighted by molar-refractivity contribution is -0.119. The molecule has 1 aliphatic rings. The molecule has 1 aliphatic heterocycles. The molecule has 2 amide bonds. The largest absolute Gasteiger partial charge is 0.352 e. The third-order valence-corrected chi connectivity index (χ3v) is 5.66. The van der Waals surface area contributed by atoms with Gasteiger partial charge in [-0.1, -0.05) is 6.92 Å². The molecule has 0 saturated carbocycles. The third kappa shape index (κ3) is 4.12. The van der Waals surface area contributed by atoms with Crippen LogP contribution in [0.3, 0.4) is 0 Å². The van der Waals surface area contributed by atoms with Gasteiger partial charge in [0.05, 0.1) is 17.4 Å². The van der Waals surface area contributed by atoms with E-state index >= 15 is 0 Å². The first-order valence-corrected chi connectivity index (χ1v) is 9.43. The Morgan fingerprint density at radius 3 is 2.42 bits per heavy atom. The van der Waals surface area contributed by atoms with Crippen LogP contribution in [0.5, 0.6) is 0 Å². The molecular formula is C16H23N3O4S. The van der Waals surface area contributed by atoms with Gasteiger partial charge in [0, 0.05) is 12.1 Å². The minimum Gasteiger partial charge on any atom is -0.352 e. The van der Waals surface area contributed by atoms with Crippen LogP contribution in [0.15, 0.2) is 24.3 Å². The molecule has 1 saturated heterocycles. The van der Waals surface area contributed by atoms with Gasteiger partial charge in [0.25, 0.3) is 5.91 Å². The van der Waals surface area contributed by atoms with E-state index in [0.717, 1.165) is 17.3 Å². The van der Waals surface area contributed by atoms with E-state index < -0.39 is 21.8 Å². The van der Waals surface area contributed by atoms with E-state index in [1.54, 1.807) is 6.92 Å². The summed E-state index contributed by atoms with van der Waals surface area (Å²) in [6.07, 6.45) is 0.842. The fraction of sp³-hybridized carbons (Fsp3) is 0.500. The second-order valence-corrected chi connectivity index (χ2v) is 8.10. The van der Waals surface area contributed by atoms with E-state index in [9.17, 15) is 18.0 Å². The summed E-state index contributed by atoms with van der Waals surface area (Å²) in [5.41, 5.74) is 0.703. The van der Waals surface area contributed by atoms with Crippen molar-refractivity contribution >= 4 is 27.5 Å². The van der Waals surface area contributed by atoms with E-state index in [-0.39, 0.29) is 17.3 Å². The van der Waals surface area contributed by atoms with Gasteiger partial charge in [-0.15, -0.1) is 0 Å². The Bertz CT molecular complexity index is 713. The van der Waals surface area contributed by atoms with Gasteiger partial charge in [-0.25, -0.2) is 12.7 Å². The molecule has 0 bridgehead atoms. The van der Waals surface area contributed by atoms with Crippen LogP contribution in [0.25, 0.3) is 0 Å². The first-order chi connectivity index (χ1) is 11.2. The molecule has 7 nitrogen and oxygen atoms in total. The molecule has 8 heteroatoms. The number of amides is 2. The van der Waals surface area contributed by atoms with E-state index in [0.29, 0.717) is 12.1 Å². The Balaban J connectivity index is 2.03. The molecular weight excluding hydrogens is 330 g/mol. The van der Waals surface area contributed by atoms with E-state index in [1.165, 1.54) is 24.3 Å². The lowest BCUT2D eigenvalue weighted by atomic mass is 10.1. The van der Waals surface area contributed by atoms with Gasteiger partial charge in [-0.05, 0) is 51.3 Å². The van der Waals surface area contributed by atoms with Crippen LogP contribution in [0, 0.1) is 5.92 Å². The molecule has 2 rings (SSSR count). The minimum atomic E-state index is -3.62. The number of nitrogens with zero attached hydrogens (tertiary/aromatic N) is 2. The summed E-state index contributed by atoms with van der Waals surface area (Å²) in [6, 6.07) is 6.04. The van der Waals surface area contributed by atoms with Crippen molar-refractivity contribution in [1.82, 2.24) is 10.2 Å². The van der Waals surface area contributed by atoms with Crippen LogP contribution in [0.4, 0.5) is 5.69 Å². The van der Waals surface area contributed by atoms with Crippen molar-refractivity contribution in [3.63, 3.8) is 0 Å². The number of anilines is 1. The maximum Gasteiger partial charge on any atom is 0.251 e. The number of benzene rings is 1. The van der Waals surface area contributed by atoms with Crippen LogP contribution < -0.4 is 9.62 Å². The smallest absolute Gasteiger partial charge is 0.251 e. The van der Waals surface area contributed by atoms with Gasteiger partial charge in [0.1, 0.15) is 0 Å². The zero-order valence-corrected chi connectivity index (χ0v) is 15.0. The number of nitrogens with one attached hydrogen (secondary N) is 1. The predicted octanol–water partition coefficient (Wildman–Crippen LogP) is 0.681. The highest BCUT2D eigenvalue weighted by atomic mass is 32.2. The molecule has 0 spiro atoms. The van der Waals surface area contributed by atoms with Crippen molar-refractivity contribution in [2.24, 2.45) is 5.92 Å². The number of rotatable bonds is 6. The normalized spacial score (nSPS) is 19.8. The third-order valence-electron chi connectivity index (χ3n) is 3.79. The second kappa shape index (κ2) is 7.31. The number of carbonyl (C=O) groups is 2. The van der Waals surface area contributed by atoms with Gasteiger partial charge in [0.15, 0.2) is 0 Å². The van der Waals surface area contributed by atoms with E-state index in [2.05, 4.69) is 5.32 Å². The molecule has 132 valence electrons. The minimum absolute atomic E-state index is 0.181. The summed E-state index contributed by atoms with van der Waals surface area (Å²) in [5, 5.41) is 2.81. The highest BCUT2D eigenvalue weighted by molar-refractivity contribution is 7.94. The van der Waals surface area contributed by atoms with Gasteiger partial charge in [0.2, 0.25) is 15.9 Å². The molecule has 24 heavy (non-hydrogen) atoms. The number of carbonyl (C=O) groups excluding carboxylic acids is 2. The first-order valence-electron chi connectivity index (χ1n) is 7.82. The van der Waals surface area contributed by atoms with Crippen LogP contribution >= 0.6 is 0 Å². The van der Waals surface area contributed by atoms with Gasteiger partial charge in [-0.3, -0.25) is 9.59 Å². The lowest BCUT2D eigenvalue weighted by Crippen LogP contribution is -2.30. The van der Waals surface area contributed by atoms with Crippen molar-refractivity contribution in [3.05, 3.63) is 29.8 Å². The standard InChI is InChI=1S/C16H23N3O4S/c1-12-11-24(22,23)19(16(12)21)14-7-5-13(6-8-14)15(20)17-9-4-10-18(2)3/h5-8,12H,4,9-11H2,1-3H3,(H,17,20). The molecule has 1 N–H and O–H groups in total. The molecule has 0 aromatic heterocycles. The highest BCUT2D eigenvalue weighted by Crippen LogP contribution is 2.28. The Morgan fingerprint density at radius 2 is 1.92 bits per heavy atom. The van der Waals surface area contributed by atoms with Crippen molar-refractivity contribution in [2.75, 3.05) is 37.2 Å². The number of hydrogen-bond donors (Lipinski definition) is 1. The fourth-order valence-corrected chi connectivity index (χ4v) is 4.35. The summed E-state index contributed by atoms with van der Waals surface area (Å²) in [7, 11) is 0.316. The molecule has 0 radical (unpaired) electrons. The van der Waals surface area contributed by atoms with Crippen molar-refractivity contribution in [2.45, 2.75) is 13.3 Å². The van der Waals surface area contributed by atoms with Crippen LogP contribution in [-0.2, 0) is 14.8 Å². The average molecular weight is 353 g/mol. The zero-order chi connectivity index (χ0) is 17.9.